The van der Waals surface area contributed by atoms with Crippen LogP contribution in [0.3, 0.4) is 0 Å². The van der Waals surface area contributed by atoms with Gasteiger partial charge in [-0.2, -0.15) is 0 Å². The Morgan fingerprint density at radius 1 is 0.102 bits per heavy atom. The van der Waals surface area contributed by atoms with E-state index in [9.17, 15) is 0 Å². The van der Waals surface area contributed by atoms with E-state index in [0.717, 1.165) is 0 Å². The molecule has 0 radical (unpaired) electrons. The van der Waals surface area contributed by atoms with Crippen LogP contribution in [-0.4, -0.2) is 0 Å². The molecule has 0 heteroatoms. The zero-order chi connectivity index (χ0) is 81.1. The summed E-state index contributed by atoms with van der Waals surface area (Å²) in [7, 11) is 0. The summed E-state index contributed by atoms with van der Waals surface area (Å²) in [5, 5.41) is 26.5. The highest BCUT2D eigenvalue weighted by Gasteiger charge is 2.07. The molecule has 570 valence electrons. The Morgan fingerprint density at radius 2 is 0.213 bits per heavy atom. The van der Waals surface area contributed by atoms with Crippen LogP contribution >= 0.6 is 0 Å². The van der Waals surface area contributed by atoms with Crippen molar-refractivity contribution in [3.63, 3.8) is 0 Å². The van der Waals surface area contributed by atoms with Crippen LogP contribution in [0, 0.1) is 13.8 Å². The molecule has 17 rings (SSSR count). The van der Waals surface area contributed by atoms with Crippen LogP contribution in [-0.2, 0) is 0 Å². The molecule has 0 atom stereocenters. The van der Waals surface area contributed by atoms with Crippen molar-refractivity contribution in [1.82, 2.24) is 0 Å². The van der Waals surface area contributed by atoms with E-state index in [1.165, 1.54) is 119 Å². The standard InChI is InChI=1S/C16H14.3C14H10.2C10H8.C6H6.12C2H6/c1-11-13-7-3-5-9-15(13)12(2)16-10-6-4-8-14(11)16;1-3-7-13-11(5-1)9-10-12-6-2-4-8-14(12)13;2*1-2-6-12-10-14-8-4-3-7-13(14)9-11(12)5-1;2*1-2-6-10-8-4-3-7-9(10)5-1;1-2-4-6-5-3-1;12*1-2/h3-10H,1-2H3;3*1-10H;2*1-8H;1-6H;12*1-2H3. The summed E-state index contributed by atoms with van der Waals surface area (Å²) < 4.78 is 0. The largest absolute Gasteiger partial charge is 0.0683 e. The second kappa shape index (κ2) is 65.8. The van der Waals surface area contributed by atoms with Gasteiger partial charge >= 0.3 is 0 Å². The van der Waals surface area contributed by atoms with Gasteiger partial charge < -0.3 is 0 Å². The Hall–Kier alpha value is -10.7. The molecule has 0 saturated heterocycles. The summed E-state index contributed by atoms with van der Waals surface area (Å²) in [6.07, 6.45) is 0. The Balaban J connectivity index is 0. The highest BCUT2D eigenvalue weighted by molar-refractivity contribution is 6.08. The normalized spacial score (nSPS) is 8.83. The van der Waals surface area contributed by atoms with Crippen LogP contribution in [0.15, 0.2) is 364 Å². The summed E-state index contributed by atoms with van der Waals surface area (Å²) in [6, 6.07) is 127. The predicted molar refractivity (Wildman–Crippen MR) is 506 cm³/mol. The van der Waals surface area contributed by atoms with Gasteiger partial charge in [0.15, 0.2) is 0 Å². The van der Waals surface area contributed by atoms with Crippen molar-refractivity contribution in [3.05, 3.63) is 375 Å². The second-order valence-electron chi connectivity index (χ2n) is 20.8. The summed E-state index contributed by atoms with van der Waals surface area (Å²) in [4.78, 5) is 0. The van der Waals surface area contributed by atoms with Gasteiger partial charge in [-0.15, -0.1) is 0 Å². The third kappa shape index (κ3) is 33.0. The first-order valence-corrected chi connectivity index (χ1v) is 40.9. The Kier molecular flexibility index (Phi) is 60.6. The third-order valence-electron chi connectivity index (χ3n) is 15.3. The van der Waals surface area contributed by atoms with Gasteiger partial charge in [0.2, 0.25) is 0 Å². The van der Waals surface area contributed by atoms with Crippen LogP contribution in [0.1, 0.15) is 177 Å². The van der Waals surface area contributed by atoms with Gasteiger partial charge in [-0.05, 0) is 157 Å². The van der Waals surface area contributed by atoms with Gasteiger partial charge in [-0.3, -0.25) is 0 Å². The molecule has 0 unspecified atom stereocenters. The zero-order valence-corrected chi connectivity index (χ0v) is 71.6. The van der Waals surface area contributed by atoms with Crippen LogP contribution in [0.4, 0.5) is 0 Å². The quantitative estimate of drug-likeness (QED) is 0.105. The first kappa shape index (κ1) is 99.4. The minimum absolute atomic E-state index is 1.31. The molecule has 0 N–H and O–H groups in total. The van der Waals surface area contributed by atoms with E-state index in [4.69, 9.17) is 0 Å². The maximum Gasteiger partial charge on any atom is -0.0105 e. The molecule has 0 fully saturated rings. The van der Waals surface area contributed by atoms with Crippen molar-refractivity contribution in [3.8, 4) is 0 Å². The Bertz CT molecular complexity index is 4200. The smallest absolute Gasteiger partial charge is 0.0105 e. The molecule has 108 heavy (non-hydrogen) atoms. The molecule has 0 aliphatic heterocycles. The van der Waals surface area contributed by atoms with Crippen LogP contribution in [0.2, 0.25) is 0 Å². The molecule has 0 aliphatic carbocycles. The van der Waals surface area contributed by atoms with E-state index < -0.39 is 0 Å². The zero-order valence-electron chi connectivity index (χ0n) is 71.6. The monoisotopic (exact) mass is 1440 g/mol. The van der Waals surface area contributed by atoms with Gasteiger partial charge in [0.25, 0.3) is 0 Å². The van der Waals surface area contributed by atoms with Gasteiger partial charge in [0, 0.05) is 0 Å². The summed E-state index contributed by atoms with van der Waals surface area (Å²) in [5.41, 5.74) is 2.77. The SMILES string of the molecule is CC.CC.CC.CC.CC.CC.CC.CC.CC.CC.CC.CC.Cc1c2ccccc2c(C)c2ccccc12.c1ccc2c(c1)ccc1ccccc12.c1ccc2cc3ccccc3cc2c1.c1ccc2cc3ccccc3cc2c1.c1ccc2ccccc2c1.c1ccc2ccccc2c1.c1ccccc1. The Labute approximate surface area is 658 Å². The fraction of sp³-hybridized carbons (Fsp3) is 0.241. The van der Waals surface area contributed by atoms with E-state index in [0.29, 0.717) is 0 Å². The van der Waals surface area contributed by atoms with E-state index >= 15 is 0 Å². The lowest BCUT2D eigenvalue weighted by Crippen LogP contribution is -1.87. The molecular weight excluding hydrogens is 1300 g/mol. The number of benzene rings is 17. The number of hydrogen-bond donors (Lipinski definition) is 0. The average molecular weight is 1440 g/mol. The summed E-state index contributed by atoms with van der Waals surface area (Å²) in [5.74, 6) is 0. The molecular formula is C108H138. The highest BCUT2D eigenvalue weighted by Crippen LogP contribution is 2.32. The predicted octanol–water partition coefficient (Wildman–Crippen LogP) is 36.3. The number of hydrogen-bond acceptors (Lipinski definition) is 0. The van der Waals surface area contributed by atoms with Crippen LogP contribution < -0.4 is 0 Å². The Morgan fingerprint density at radius 3 is 0.361 bits per heavy atom. The van der Waals surface area contributed by atoms with E-state index in [1.54, 1.807) is 0 Å². The molecule has 17 aromatic carbocycles. The fourth-order valence-corrected chi connectivity index (χ4v) is 10.9. The number of aryl methyl sites for hydroxylation is 2. The van der Waals surface area contributed by atoms with E-state index in [-0.39, 0.29) is 0 Å². The summed E-state index contributed by atoms with van der Waals surface area (Å²) in [6.45, 7) is 52.4. The van der Waals surface area contributed by atoms with Crippen LogP contribution in [0.5, 0.6) is 0 Å². The molecule has 0 spiro atoms. The van der Waals surface area contributed by atoms with Crippen molar-refractivity contribution in [2.24, 2.45) is 0 Å². The van der Waals surface area contributed by atoms with E-state index in [2.05, 4.69) is 341 Å². The number of rotatable bonds is 0. The maximum absolute atomic E-state index is 2.24. The molecule has 0 heterocycles. The minimum Gasteiger partial charge on any atom is -0.0683 e. The maximum atomic E-state index is 2.24. The van der Waals surface area contributed by atoms with Crippen molar-refractivity contribution in [2.75, 3.05) is 0 Å². The van der Waals surface area contributed by atoms with Crippen molar-refractivity contribution in [1.29, 1.82) is 0 Å². The first-order chi connectivity index (χ1) is 53.5. The second-order valence-corrected chi connectivity index (χ2v) is 20.8. The number of fused-ring (bicyclic) bond motifs is 11. The fourth-order valence-electron chi connectivity index (χ4n) is 10.9. The van der Waals surface area contributed by atoms with E-state index in [1.807, 2.05) is 203 Å². The molecule has 17 aromatic rings. The molecule has 0 aromatic heterocycles. The molecule has 0 saturated carbocycles. The van der Waals surface area contributed by atoms with Gasteiger partial charge in [0.05, 0.1) is 0 Å². The first-order valence-electron chi connectivity index (χ1n) is 40.9. The lowest BCUT2D eigenvalue weighted by Gasteiger charge is -2.11. The highest BCUT2D eigenvalue weighted by atomic mass is 14.1. The lowest BCUT2D eigenvalue weighted by molar-refractivity contribution is 1.50. The molecule has 0 aliphatic rings. The van der Waals surface area contributed by atoms with Crippen LogP contribution in [0.25, 0.3) is 108 Å². The van der Waals surface area contributed by atoms with Crippen molar-refractivity contribution in [2.45, 2.75) is 180 Å². The average Bonchev–Trinajstić information content (AvgIpc) is 0.769. The van der Waals surface area contributed by atoms with Gasteiger partial charge in [0.1, 0.15) is 0 Å². The third-order valence-corrected chi connectivity index (χ3v) is 15.3. The van der Waals surface area contributed by atoms with Gasteiger partial charge in [-0.1, -0.05) is 506 Å². The van der Waals surface area contributed by atoms with Crippen molar-refractivity contribution < 1.29 is 0 Å². The van der Waals surface area contributed by atoms with Gasteiger partial charge in [-0.25, -0.2) is 0 Å². The molecule has 0 bridgehead atoms. The van der Waals surface area contributed by atoms with Crippen molar-refractivity contribution >= 4 is 108 Å². The molecule has 0 amide bonds. The summed E-state index contributed by atoms with van der Waals surface area (Å²) >= 11 is 0. The minimum atomic E-state index is 1.31. The molecule has 0 nitrogen and oxygen atoms in total. The topological polar surface area (TPSA) is 0 Å². The lowest BCUT2D eigenvalue weighted by atomic mass is 9.93.